The van der Waals surface area contributed by atoms with E-state index < -0.39 is 48.3 Å². The van der Waals surface area contributed by atoms with Crippen LogP contribution in [0.2, 0.25) is 5.02 Å². The predicted molar refractivity (Wildman–Crippen MR) is 114 cm³/mol. The Morgan fingerprint density at radius 2 is 1.88 bits per heavy atom. The van der Waals surface area contributed by atoms with Crippen LogP contribution in [0.3, 0.4) is 0 Å². The fourth-order valence-electron chi connectivity index (χ4n) is 3.69. The molecule has 1 amide bonds. The maximum Gasteiger partial charge on any atom is 0.257 e. The zero-order valence-electron chi connectivity index (χ0n) is 16.6. The topological polar surface area (TPSA) is 121 Å². The summed E-state index contributed by atoms with van der Waals surface area (Å²) in [5.74, 6) is -1.39. The molecule has 0 saturated carbocycles. The van der Waals surface area contributed by atoms with E-state index in [2.05, 4.69) is 5.32 Å². The van der Waals surface area contributed by atoms with Gasteiger partial charge < -0.3 is 29.9 Å². The minimum Gasteiger partial charge on any atom is -0.394 e. The molecule has 1 saturated heterocycles. The second kappa shape index (κ2) is 8.97. The van der Waals surface area contributed by atoms with Crippen LogP contribution < -0.4 is 10.7 Å². The number of ether oxygens (including phenoxy) is 1. The number of carbonyl (C=O) groups excluding carboxylic acids is 1. The molecule has 0 spiro atoms. The summed E-state index contributed by atoms with van der Waals surface area (Å²) >= 11 is 5.85. The normalized spacial score (nSPS) is 22.9. The Hall–Kier alpha value is -2.82. The largest absolute Gasteiger partial charge is 0.394 e. The Kier molecular flexibility index (Phi) is 6.27. The van der Waals surface area contributed by atoms with Crippen molar-refractivity contribution < 1.29 is 29.2 Å². The molecule has 4 rings (SSSR count). The maximum atomic E-state index is 13.9. The number of aliphatic hydroxyl groups is 3. The molecule has 10 heteroatoms. The molecule has 4 N–H and O–H groups in total. The number of aliphatic hydroxyl groups excluding tert-OH is 3. The number of halogens is 2. The molecule has 1 aliphatic heterocycles. The smallest absolute Gasteiger partial charge is 0.257 e. The van der Waals surface area contributed by atoms with Gasteiger partial charge in [0.25, 0.3) is 5.91 Å². The quantitative estimate of drug-likeness (QED) is 0.454. The van der Waals surface area contributed by atoms with Gasteiger partial charge in [-0.3, -0.25) is 9.59 Å². The molecule has 4 atom stereocenters. The minimum absolute atomic E-state index is 0.0955. The van der Waals surface area contributed by atoms with Crippen LogP contribution in [0.5, 0.6) is 0 Å². The van der Waals surface area contributed by atoms with Gasteiger partial charge in [0.1, 0.15) is 29.7 Å². The van der Waals surface area contributed by atoms with Crippen molar-refractivity contribution in [1.82, 2.24) is 9.88 Å². The van der Waals surface area contributed by atoms with E-state index in [9.17, 15) is 29.3 Å². The first-order valence-electron chi connectivity index (χ1n) is 9.79. The van der Waals surface area contributed by atoms with E-state index in [0.717, 1.165) is 17.7 Å². The summed E-state index contributed by atoms with van der Waals surface area (Å²) < 4.78 is 20.7. The van der Waals surface area contributed by atoms with E-state index in [4.69, 9.17) is 16.3 Å². The number of hydrogen-bond acceptors (Lipinski definition) is 6. The van der Waals surface area contributed by atoms with Crippen molar-refractivity contribution in [3.63, 3.8) is 0 Å². The molecule has 168 valence electrons. The molecule has 8 nitrogen and oxygen atoms in total. The second-order valence-electron chi connectivity index (χ2n) is 7.48. The van der Waals surface area contributed by atoms with E-state index >= 15 is 0 Å². The fraction of sp³-hybridized carbons (Fsp3) is 0.273. The highest BCUT2D eigenvalue weighted by atomic mass is 35.5. The highest BCUT2D eigenvalue weighted by molar-refractivity contribution is 6.30. The standard InChI is InChI=1S/C22H20ClFN2O6/c23-12-3-1-11(2-4-12)8-25-21(31)15-9-26(22-20(30)19(29)17(10-27)32-22)16-6-5-13(24)7-14(16)18(15)28/h1-7,9,17,19-20,22,27,29-30H,8,10H2,(H,25,31)/t17-,19-,20-,22-/m1/s1. The number of nitrogens with zero attached hydrogens (tertiary/aromatic N) is 1. The van der Waals surface area contributed by atoms with Crippen molar-refractivity contribution in [1.29, 1.82) is 0 Å². The third kappa shape index (κ3) is 4.13. The number of hydrogen-bond donors (Lipinski definition) is 4. The number of amides is 1. The Morgan fingerprint density at radius 3 is 2.53 bits per heavy atom. The first-order valence-corrected chi connectivity index (χ1v) is 10.2. The lowest BCUT2D eigenvalue weighted by molar-refractivity contribution is -0.0509. The van der Waals surface area contributed by atoms with Crippen molar-refractivity contribution in [2.75, 3.05) is 6.61 Å². The van der Waals surface area contributed by atoms with E-state index in [1.165, 1.54) is 16.8 Å². The number of rotatable bonds is 5. The lowest BCUT2D eigenvalue weighted by Gasteiger charge is -2.22. The van der Waals surface area contributed by atoms with Gasteiger partial charge in [0.2, 0.25) is 5.43 Å². The van der Waals surface area contributed by atoms with Crippen molar-refractivity contribution in [2.45, 2.75) is 31.1 Å². The van der Waals surface area contributed by atoms with Crippen LogP contribution in [0.4, 0.5) is 4.39 Å². The van der Waals surface area contributed by atoms with E-state index in [1.54, 1.807) is 24.3 Å². The average Bonchev–Trinajstić information content (AvgIpc) is 3.07. The minimum atomic E-state index is -1.45. The highest BCUT2D eigenvalue weighted by Crippen LogP contribution is 2.31. The molecule has 32 heavy (non-hydrogen) atoms. The van der Waals surface area contributed by atoms with Gasteiger partial charge in [-0.05, 0) is 35.9 Å². The fourth-order valence-corrected chi connectivity index (χ4v) is 3.82. The summed E-state index contributed by atoms with van der Waals surface area (Å²) in [6.07, 6.45) is -3.92. The number of benzene rings is 2. The third-order valence-corrected chi connectivity index (χ3v) is 5.65. The maximum absolute atomic E-state index is 13.9. The van der Waals surface area contributed by atoms with Crippen LogP contribution in [-0.2, 0) is 11.3 Å². The Bertz CT molecular complexity index is 1220. The van der Waals surface area contributed by atoms with E-state index in [0.29, 0.717) is 5.02 Å². The molecule has 0 aliphatic carbocycles. The van der Waals surface area contributed by atoms with Gasteiger partial charge in [-0.1, -0.05) is 23.7 Å². The Balaban J connectivity index is 1.74. The number of pyridine rings is 1. The summed E-state index contributed by atoms with van der Waals surface area (Å²) in [6.45, 7) is -0.430. The molecule has 1 aromatic heterocycles. The number of nitrogens with one attached hydrogen (secondary N) is 1. The molecule has 0 bridgehead atoms. The predicted octanol–water partition coefficient (Wildman–Crippen LogP) is 1.34. The number of carbonyl (C=O) groups is 1. The van der Waals surface area contributed by atoms with Crippen molar-refractivity contribution in [2.24, 2.45) is 0 Å². The molecular formula is C22H20ClFN2O6. The van der Waals surface area contributed by atoms with Gasteiger partial charge in [-0.25, -0.2) is 4.39 Å². The SMILES string of the molecule is O=C(NCc1ccc(Cl)cc1)c1cn([C@@H]2O[C@H](CO)[C@@H](O)[C@H]2O)c2ccc(F)cc2c1=O. The molecule has 1 fully saturated rings. The van der Waals surface area contributed by atoms with Crippen molar-refractivity contribution in [3.05, 3.63) is 80.9 Å². The Morgan fingerprint density at radius 1 is 1.16 bits per heavy atom. The molecule has 0 radical (unpaired) electrons. The lowest BCUT2D eigenvalue weighted by atomic mass is 10.1. The van der Waals surface area contributed by atoms with Crippen LogP contribution in [0, 0.1) is 5.82 Å². The molecule has 1 aliphatic rings. The first kappa shape index (κ1) is 22.4. The zero-order chi connectivity index (χ0) is 23.0. The van der Waals surface area contributed by atoms with Gasteiger partial charge in [-0.2, -0.15) is 0 Å². The van der Waals surface area contributed by atoms with Crippen molar-refractivity contribution >= 4 is 28.4 Å². The van der Waals surface area contributed by atoms with Gasteiger partial charge >= 0.3 is 0 Å². The molecule has 2 aromatic carbocycles. The number of aromatic nitrogens is 1. The number of fused-ring (bicyclic) bond motifs is 1. The average molecular weight is 463 g/mol. The molecule has 0 unspecified atom stereocenters. The van der Waals surface area contributed by atoms with E-state index in [-0.39, 0.29) is 23.0 Å². The van der Waals surface area contributed by atoms with Gasteiger partial charge in [0, 0.05) is 23.2 Å². The highest BCUT2D eigenvalue weighted by Gasteiger charge is 2.43. The molecular weight excluding hydrogens is 443 g/mol. The second-order valence-corrected chi connectivity index (χ2v) is 7.92. The summed E-state index contributed by atoms with van der Waals surface area (Å²) in [6, 6.07) is 10.2. The van der Waals surface area contributed by atoms with Crippen LogP contribution in [0.1, 0.15) is 22.1 Å². The zero-order valence-corrected chi connectivity index (χ0v) is 17.4. The van der Waals surface area contributed by atoms with Crippen LogP contribution in [-0.4, -0.2) is 50.7 Å². The summed E-state index contributed by atoms with van der Waals surface area (Å²) in [7, 11) is 0. The first-order chi connectivity index (χ1) is 15.3. The van der Waals surface area contributed by atoms with Crippen LogP contribution in [0.15, 0.2) is 53.5 Å². The summed E-state index contributed by atoms with van der Waals surface area (Å²) in [5, 5.41) is 33.0. The van der Waals surface area contributed by atoms with E-state index in [1.807, 2.05) is 0 Å². The van der Waals surface area contributed by atoms with Gasteiger partial charge in [0.15, 0.2) is 6.23 Å². The third-order valence-electron chi connectivity index (χ3n) is 5.40. The van der Waals surface area contributed by atoms with Gasteiger partial charge in [0.05, 0.1) is 12.1 Å². The van der Waals surface area contributed by atoms with Crippen LogP contribution >= 0.6 is 11.6 Å². The van der Waals surface area contributed by atoms with Gasteiger partial charge in [-0.15, -0.1) is 0 Å². The molecule has 3 aromatic rings. The van der Waals surface area contributed by atoms with Crippen molar-refractivity contribution in [3.8, 4) is 0 Å². The molecule has 2 heterocycles. The Labute approximate surface area is 186 Å². The summed E-state index contributed by atoms with van der Waals surface area (Å²) in [4.78, 5) is 25.8. The monoisotopic (exact) mass is 462 g/mol. The summed E-state index contributed by atoms with van der Waals surface area (Å²) in [5.41, 5.74) is -0.0511. The lowest BCUT2D eigenvalue weighted by Crippen LogP contribution is -2.34. The van der Waals surface area contributed by atoms with Crippen LogP contribution in [0.25, 0.3) is 10.9 Å².